The Morgan fingerprint density at radius 3 is 2.24 bits per heavy atom. The van der Waals surface area contributed by atoms with Crippen LogP contribution in [0.4, 0.5) is 0 Å². The van der Waals surface area contributed by atoms with Crippen molar-refractivity contribution in [1.29, 1.82) is 10.5 Å². The Labute approximate surface area is 122 Å². The van der Waals surface area contributed by atoms with E-state index in [1.54, 1.807) is 0 Å². The molecule has 6 heteroatoms. The predicted octanol–water partition coefficient (Wildman–Crippen LogP) is 1.12. The predicted molar refractivity (Wildman–Crippen MR) is 73.6 cm³/mol. The molecule has 6 nitrogen and oxygen atoms in total. The molecule has 2 aliphatic rings. The Hall–Kier alpha value is -2.41. The smallest absolute Gasteiger partial charge is 0.292 e. The number of nitriles is 2. The molecule has 1 aromatic carbocycles. The monoisotopic (exact) mass is 282 g/mol. The van der Waals surface area contributed by atoms with E-state index >= 15 is 0 Å². The highest BCUT2D eigenvalue weighted by molar-refractivity contribution is 6.00. The van der Waals surface area contributed by atoms with Crippen molar-refractivity contribution in [3.05, 3.63) is 35.9 Å². The van der Waals surface area contributed by atoms with Gasteiger partial charge in [-0.15, -0.1) is 0 Å². The van der Waals surface area contributed by atoms with E-state index in [4.69, 9.17) is 15.2 Å². The molecule has 1 saturated carbocycles. The highest BCUT2D eigenvalue weighted by Gasteiger charge is 2.93. The summed E-state index contributed by atoms with van der Waals surface area (Å²) in [5.41, 5.74) is 4.35. The van der Waals surface area contributed by atoms with Crippen LogP contribution in [0.2, 0.25) is 0 Å². The van der Waals surface area contributed by atoms with Gasteiger partial charge in [-0.3, -0.25) is 0 Å². The highest BCUT2D eigenvalue weighted by Crippen LogP contribution is 2.81. The minimum atomic E-state index is -1.55. The van der Waals surface area contributed by atoms with E-state index in [-0.39, 0.29) is 5.84 Å². The largest absolute Gasteiger partial charge is 0.386 e. The molecule has 0 amide bonds. The Morgan fingerprint density at radius 2 is 1.76 bits per heavy atom. The summed E-state index contributed by atoms with van der Waals surface area (Å²) in [6.45, 7) is 0. The van der Waals surface area contributed by atoms with Gasteiger partial charge in [-0.1, -0.05) is 30.3 Å². The molecule has 3 atom stereocenters. The summed E-state index contributed by atoms with van der Waals surface area (Å²) >= 11 is 0. The van der Waals surface area contributed by atoms with E-state index in [1.807, 2.05) is 30.3 Å². The standard InChI is InChI=1S/C15H14N4O2/c1-20-15(21-2)14(9-17)11(10-6-4-3-5-7-10)13(14,8-16)12(18)19-15/h3-7,11H,1-2H3,(H2,18,19)/t11-,13-,14+/m0/s1. The van der Waals surface area contributed by atoms with Crippen LogP contribution in [-0.2, 0) is 9.47 Å². The van der Waals surface area contributed by atoms with Crippen molar-refractivity contribution >= 4 is 5.84 Å². The summed E-state index contributed by atoms with van der Waals surface area (Å²) in [4.78, 5) is 4.15. The minimum absolute atomic E-state index is 0.0871. The lowest BCUT2D eigenvalue weighted by molar-refractivity contribution is -0.230. The molecule has 1 aliphatic carbocycles. The molecule has 106 valence electrons. The molecule has 0 unspecified atom stereocenters. The Bertz CT molecular complexity index is 699. The van der Waals surface area contributed by atoms with Crippen LogP contribution in [0.15, 0.2) is 35.3 Å². The van der Waals surface area contributed by atoms with Crippen LogP contribution in [0.1, 0.15) is 11.5 Å². The maximum atomic E-state index is 9.82. The van der Waals surface area contributed by atoms with E-state index in [1.165, 1.54) is 14.2 Å². The molecule has 21 heavy (non-hydrogen) atoms. The number of hydrogen-bond donors (Lipinski definition) is 1. The normalized spacial score (nSPS) is 35.2. The second-order valence-electron chi connectivity index (χ2n) is 5.17. The van der Waals surface area contributed by atoms with Gasteiger partial charge >= 0.3 is 0 Å². The lowest BCUT2D eigenvalue weighted by atomic mass is 9.93. The number of nitrogens with two attached hydrogens (primary N) is 1. The summed E-state index contributed by atoms with van der Waals surface area (Å²) < 4.78 is 10.8. The van der Waals surface area contributed by atoms with Gasteiger partial charge in [-0.05, 0) is 5.56 Å². The highest BCUT2D eigenvalue weighted by atomic mass is 16.7. The summed E-state index contributed by atoms with van der Waals surface area (Å²) in [7, 11) is 2.79. The van der Waals surface area contributed by atoms with Crippen LogP contribution < -0.4 is 5.73 Å². The molecule has 3 rings (SSSR count). The molecule has 1 aliphatic heterocycles. The van der Waals surface area contributed by atoms with Gasteiger partial charge in [0.25, 0.3) is 5.91 Å². The topological polar surface area (TPSA) is 104 Å². The van der Waals surface area contributed by atoms with Crippen LogP contribution in [0.25, 0.3) is 0 Å². The third-order valence-electron chi connectivity index (χ3n) is 4.61. The molecular weight excluding hydrogens is 268 g/mol. The zero-order chi connectivity index (χ0) is 15.3. The summed E-state index contributed by atoms with van der Waals surface area (Å²) in [5, 5.41) is 19.5. The number of hydrogen-bond acceptors (Lipinski definition) is 6. The molecule has 1 heterocycles. The average molecular weight is 282 g/mol. The van der Waals surface area contributed by atoms with Crippen LogP contribution in [0.3, 0.4) is 0 Å². The third-order valence-corrected chi connectivity index (χ3v) is 4.61. The number of aliphatic imine (C=N–C) groups is 1. The van der Waals surface area contributed by atoms with Gasteiger partial charge in [-0.2, -0.15) is 10.5 Å². The maximum Gasteiger partial charge on any atom is 0.292 e. The molecule has 1 aromatic rings. The molecule has 1 fully saturated rings. The Kier molecular flexibility index (Phi) is 2.61. The quantitative estimate of drug-likeness (QED) is 0.836. The number of methoxy groups -OCH3 is 2. The summed E-state index contributed by atoms with van der Waals surface area (Å²) in [5.74, 6) is -1.90. The lowest BCUT2D eigenvalue weighted by Gasteiger charge is -2.29. The number of rotatable bonds is 3. The van der Waals surface area contributed by atoms with Gasteiger partial charge in [0.05, 0.1) is 12.1 Å². The first-order valence-electron chi connectivity index (χ1n) is 6.43. The van der Waals surface area contributed by atoms with E-state index in [2.05, 4.69) is 17.1 Å². The molecule has 0 bridgehead atoms. The minimum Gasteiger partial charge on any atom is -0.386 e. The molecule has 0 saturated heterocycles. The van der Waals surface area contributed by atoms with E-state index in [9.17, 15) is 10.5 Å². The third kappa shape index (κ3) is 1.16. The van der Waals surface area contributed by atoms with Crippen molar-refractivity contribution in [3.8, 4) is 12.1 Å². The fraction of sp³-hybridized carbons (Fsp3) is 0.400. The van der Waals surface area contributed by atoms with Gasteiger partial charge in [0.15, 0.2) is 5.41 Å². The number of nitrogens with zero attached hydrogens (tertiary/aromatic N) is 3. The molecule has 0 radical (unpaired) electrons. The van der Waals surface area contributed by atoms with Crippen LogP contribution in [0, 0.1) is 33.5 Å². The van der Waals surface area contributed by atoms with Crippen molar-refractivity contribution < 1.29 is 9.47 Å². The summed E-state index contributed by atoms with van der Waals surface area (Å²) in [6.07, 6.45) is 0. The number of amidine groups is 1. The first kappa shape index (κ1) is 13.6. The first-order valence-corrected chi connectivity index (χ1v) is 6.43. The van der Waals surface area contributed by atoms with Crippen LogP contribution in [-0.4, -0.2) is 26.0 Å². The number of benzene rings is 1. The van der Waals surface area contributed by atoms with Gasteiger partial charge in [0, 0.05) is 20.1 Å². The average Bonchev–Trinajstić information content (AvgIpc) is 3.11. The molecule has 2 N–H and O–H groups in total. The Balaban J connectivity index is 2.26. The zero-order valence-electron chi connectivity index (χ0n) is 11.7. The van der Waals surface area contributed by atoms with Gasteiger partial charge in [-0.25, -0.2) is 4.99 Å². The van der Waals surface area contributed by atoms with E-state index in [0.29, 0.717) is 0 Å². The van der Waals surface area contributed by atoms with Crippen molar-refractivity contribution in [2.45, 2.75) is 11.8 Å². The zero-order valence-corrected chi connectivity index (χ0v) is 11.7. The maximum absolute atomic E-state index is 9.82. The SMILES string of the molecule is COC1(OC)N=C(N)[C@]2(C#N)[C@H](c3ccccc3)[C@@]12C#N. The van der Waals surface area contributed by atoms with Crippen LogP contribution in [0.5, 0.6) is 0 Å². The number of ether oxygens (including phenoxy) is 2. The van der Waals surface area contributed by atoms with Crippen molar-refractivity contribution in [2.24, 2.45) is 21.6 Å². The second-order valence-corrected chi connectivity index (χ2v) is 5.17. The number of fused-ring (bicyclic) bond motifs is 1. The van der Waals surface area contributed by atoms with Gasteiger partial charge in [0.1, 0.15) is 11.3 Å². The summed E-state index contributed by atoms with van der Waals surface area (Å²) in [6, 6.07) is 13.7. The van der Waals surface area contributed by atoms with E-state index < -0.39 is 22.7 Å². The molecular formula is C15H14N4O2. The van der Waals surface area contributed by atoms with Crippen molar-refractivity contribution in [1.82, 2.24) is 0 Å². The Morgan fingerprint density at radius 1 is 1.14 bits per heavy atom. The first-order chi connectivity index (χ1) is 10.1. The fourth-order valence-corrected chi connectivity index (χ4v) is 3.67. The second kappa shape index (κ2) is 4.05. The molecule has 0 spiro atoms. The fourth-order valence-electron chi connectivity index (χ4n) is 3.67. The van der Waals surface area contributed by atoms with Gasteiger partial charge < -0.3 is 15.2 Å². The van der Waals surface area contributed by atoms with Crippen LogP contribution >= 0.6 is 0 Å². The van der Waals surface area contributed by atoms with Crippen molar-refractivity contribution in [2.75, 3.05) is 14.2 Å². The van der Waals surface area contributed by atoms with E-state index in [0.717, 1.165) is 5.56 Å². The molecule has 0 aromatic heterocycles. The lowest BCUT2D eigenvalue weighted by Crippen LogP contribution is -2.41. The van der Waals surface area contributed by atoms with Crippen molar-refractivity contribution in [3.63, 3.8) is 0 Å². The van der Waals surface area contributed by atoms with Gasteiger partial charge in [0.2, 0.25) is 0 Å².